The van der Waals surface area contributed by atoms with E-state index in [2.05, 4.69) is 60.1 Å². The van der Waals surface area contributed by atoms with Crippen molar-refractivity contribution >= 4 is 47.3 Å². The van der Waals surface area contributed by atoms with E-state index < -0.39 is 20.4 Å². The molecule has 2 aromatic heterocycles. The lowest BCUT2D eigenvalue weighted by Crippen LogP contribution is -2.66. The molecule has 0 saturated carbocycles. The number of carbonyl (C=O) groups is 1. The fourth-order valence-electron chi connectivity index (χ4n) is 5.54. The summed E-state index contributed by atoms with van der Waals surface area (Å²) in [5.74, 6) is -0.402. The smallest absolute Gasteiger partial charge is 0.349 e. The van der Waals surface area contributed by atoms with Crippen molar-refractivity contribution in [3.8, 4) is 11.6 Å². The number of halogens is 1. The quantitative estimate of drug-likeness (QED) is 0.103. The van der Waals surface area contributed by atoms with Gasteiger partial charge in [-0.25, -0.2) is 19.4 Å². The highest BCUT2D eigenvalue weighted by Gasteiger charge is 2.50. The molecule has 0 amide bonds. The largest absolute Gasteiger partial charge is 0.466 e. The van der Waals surface area contributed by atoms with Gasteiger partial charge in [0.25, 0.3) is 8.32 Å². The lowest BCUT2D eigenvalue weighted by atomic mass is 10.2. The lowest BCUT2D eigenvalue weighted by molar-refractivity contribution is -0.152. The maximum absolute atomic E-state index is 12.8. The third kappa shape index (κ3) is 6.64. The summed E-state index contributed by atoms with van der Waals surface area (Å²) in [4.78, 5) is 21.4. The van der Waals surface area contributed by atoms with Crippen molar-refractivity contribution in [2.75, 3.05) is 26.9 Å². The zero-order valence-electron chi connectivity index (χ0n) is 26.1. The Balaban J connectivity index is 1.32. The molecular weight excluding hydrogens is 608 g/mol. The Morgan fingerprint density at radius 2 is 1.60 bits per heavy atom. The van der Waals surface area contributed by atoms with Crippen LogP contribution in [0, 0.1) is 6.92 Å². The third-order valence-corrected chi connectivity index (χ3v) is 13.2. The van der Waals surface area contributed by atoms with E-state index in [9.17, 15) is 4.79 Å². The summed E-state index contributed by atoms with van der Waals surface area (Å²) in [6, 6.07) is 26.4. The molecule has 0 spiro atoms. The van der Waals surface area contributed by atoms with E-state index in [0.717, 1.165) is 11.3 Å². The van der Waals surface area contributed by atoms with Crippen LogP contribution in [0.1, 0.15) is 26.3 Å². The number of hydrogen-bond acceptors (Lipinski definition) is 8. The third-order valence-electron chi connectivity index (χ3n) is 7.75. The molecule has 0 bridgehead atoms. The van der Waals surface area contributed by atoms with E-state index >= 15 is 0 Å². The van der Waals surface area contributed by atoms with Crippen LogP contribution in [0.5, 0.6) is 5.88 Å². The molecule has 0 aliphatic rings. The molecule has 9 nitrogen and oxygen atoms in total. The summed E-state index contributed by atoms with van der Waals surface area (Å²) >= 11 is 6.34. The molecule has 0 N–H and O–H groups in total. The molecule has 234 valence electrons. The lowest BCUT2D eigenvalue weighted by Gasteiger charge is -2.43. The Morgan fingerprint density at radius 3 is 2.22 bits per heavy atom. The molecule has 0 saturated heterocycles. The first kappa shape index (κ1) is 32.3. The highest BCUT2D eigenvalue weighted by Crippen LogP contribution is 2.36. The van der Waals surface area contributed by atoms with Gasteiger partial charge in [-0.15, -0.1) is 0 Å². The van der Waals surface area contributed by atoms with Crippen LogP contribution in [0.2, 0.25) is 10.1 Å². The van der Waals surface area contributed by atoms with Crippen molar-refractivity contribution < 1.29 is 23.4 Å². The number of nitrogens with zero attached hydrogens (tertiary/aromatic N) is 4. The van der Waals surface area contributed by atoms with Gasteiger partial charge in [0.1, 0.15) is 11.7 Å². The summed E-state index contributed by atoms with van der Waals surface area (Å²) in [6.07, 6.45) is 1.89. The van der Waals surface area contributed by atoms with Crippen LogP contribution in [-0.4, -0.2) is 67.1 Å². The van der Waals surface area contributed by atoms with Crippen molar-refractivity contribution in [1.29, 1.82) is 0 Å². The summed E-state index contributed by atoms with van der Waals surface area (Å²) < 4.78 is 25.6. The molecule has 0 fully saturated rings. The first-order chi connectivity index (χ1) is 21.7. The summed E-state index contributed by atoms with van der Waals surface area (Å²) in [7, 11) is -1.41. The minimum absolute atomic E-state index is 0.0657. The fraction of sp³-hybridized carbons (Fsp3) is 0.294. The van der Waals surface area contributed by atoms with E-state index in [1.54, 1.807) is 10.9 Å². The van der Waals surface area contributed by atoms with Crippen LogP contribution in [0.4, 0.5) is 0 Å². The number of ether oxygens (including phenoxy) is 3. The number of methoxy groups -OCH3 is 1. The molecule has 0 unspecified atom stereocenters. The summed E-state index contributed by atoms with van der Waals surface area (Å²) in [5, 5.41) is 7.83. The Labute approximate surface area is 269 Å². The number of fused-ring (bicyclic) bond motifs is 1. The van der Waals surface area contributed by atoms with Gasteiger partial charge in [0, 0.05) is 5.02 Å². The monoisotopic (exact) mass is 644 g/mol. The molecule has 0 radical (unpaired) electrons. The SMILES string of the molecule is COC(=O)[C@H](COCCO[Si](c1ccccc1)(c1ccccc1)C(C)(C)C)Oc1ncnc2c1cnn2-c1cccc(Cl)c1C. The second-order valence-corrected chi connectivity index (χ2v) is 16.3. The molecular formula is C34H37ClN4O5Si. The van der Waals surface area contributed by atoms with Gasteiger partial charge in [-0.3, -0.25) is 0 Å². The number of aromatic nitrogens is 4. The van der Waals surface area contributed by atoms with E-state index in [0.29, 0.717) is 22.7 Å². The molecule has 3 aromatic carbocycles. The van der Waals surface area contributed by atoms with Gasteiger partial charge in [0.2, 0.25) is 12.0 Å². The predicted octanol–water partition coefficient (Wildman–Crippen LogP) is 5.29. The van der Waals surface area contributed by atoms with Gasteiger partial charge in [0.05, 0.1) is 38.8 Å². The number of rotatable bonds is 12. The van der Waals surface area contributed by atoms with Gasteiger partial charge in [-0.1, -0.05) is 99.1 Å². The first-order valence-electron chi connectivity index (χ1n) is 14.7. The normalized spacial score (nSPS) is 12.7. The molecule has 5 rings (SSSR count). The highest BCUT2D eigenvalue weighted by atomic mass is 35.5. The number of hydrogen-bond donors (Lipinski definition) is 0. The number of carbonyl (C=O) groups excluding carboxylic acids is 1. The van der Waals surface area contributed by atoms with Gasteiger partial charge in [0.15, 0.2) is 5.65 Å². The van der Waals surface area contributed by atoms with Crippen molar-refractivity contribution in [2.24, 2.45) is 0 Å². The molecule has 1 atom stereocenters. The molecule has 45 heavy (non-hydrogen) atoms. The zero-order valence-corrected chi connectivity index (χ0v) is 27.8. The Bertz CT molecular complexity index is 1710. The minimum atomic E-state index is -2.72. The maximum atomic E-state index is 12.8. The molecule has 2 heterocycles. The number of esters is 1. The van der Waals surface area contributed by atoms with Crippen LogP contribution >= 0.6 is 11.6 Å². The van der Waals surface area contributed by atoms with E-state index in [1.807, 2.05) is 61.5 Å². The summed E-state index contributed by atoms with van der Waals surface area (Å²) in [6.45, 7) is 9.07. The zero-order chi connectivity index (χ0) is 32.0. The van der Waals surface area contributed by atoms with Gasteiger partial charge < -0.3 is 18.6 Å². The Morgan fingerprint density at radius 1 is 0.933 bits per heavy atom. The average Bonchev–Trinajstić information content (AvgIpc) is 3.48. The molecule has 11 heteroatoms. The topological polar surface area (TPSA) is 97.6 Å². The van der Waals surface area contributed by atoms with Crippen LogP contribution in [0.3, 0.4) is 0 Å². The molecule has 5 aromatic rings. The van der Waals surface area contributed by atoms with Crippen LogP contribution in [0.15, 0.2) is 91.4 Å². The second kappa shape index (κ2) is 13.9. The fourth-order valence-corrected chi connectivity index (χ4v) is 10.3. The van der Waals surface area contributed by atoms with Crippen LogP contribution < -0.4 is 15.1 Å². The number of benzene rings is 3. The molecule has 0 aliphatic carbocycles. The van der Waals surface area contributed by atoms with Gasteiger partial charge in [-0.2, -0.15) is 5.10 Å². The van der Waals surface area contributed by atoms with Crippen LogP contribution in [0.25, 0.3) is 16.7 Å². The standard InChI is InChI=1S/C34H37ClN4O5Si/c1-24-28(35)17-12-18-29(24)39-31-27(21-38-39)32(37-23-36-31)44-30(33(40)41-5)22-42-19-20-43-45(34(2,3)4,25-13-8-6-9-14-25)26-15-10-7-11-16-26/h6-18,21,23,30H,19-20,22H2,1-5H3/t30-/m0/s1. The van der Waals surface area contributed by atoms with E-state index in [-0.39, 0.29) is 24.1 Å². The van der Waals surface area contributed by atoms with Crippen molar-refractivity contribution in [3.05, 3.63) is 102 Å². The molecule has 0 aliphatic heterocycles. The van der Waals surface area contributed by atoms with Crippen molar-refractivity contribution in [2.45, 2.75) is 38.8 Å². The Kier molecular flexibility index (Phi) is 9.98. The Hall–Kier alpha value is -4.09. The second-order valence-electron chi connectivity index (χ2n) is 11.6. The van der Waals surface area contributed by atoms with Gasteiger partial charge >= 0.3 is 5.97 Å². The predicted molar refractivity (Wildman–Crippen MR) is 177 cm³/mol. The minimum Gasteiger partial charge on any atom is -0.466 e. The average molecular weight is 645 g/mol. The first-order valence-corrected chi connectivity index (χ1v) is 17.0. The van der Waals surface area contributed by atoms with Crippen molar-refractivity contribution in [3.63, 3.8) is 0 Å². The van der Waals surface area contributed by atoms with E-state index in [1.165, 1.54) is 23.8 Å². The van der Waals surface area contributed by atoms with Crippen LogP contribution in [-0.2, 0) is 18.7 Å². The maximum Gasteiger partial charge on any atom is 0.349 e. The van der Waals surface area contributed by atoms with E-state index in [4.69, 9.17) is 30.2 Å². The van der Waals surface area contributed by atoms with Gasteiger partial charge in [-0.05, 0) is 40.0 Å². The summed E-state index contributed by atoms with van der Waals surface area (Å²) in [5.41, 5.74) is 2.14. The highest BCUT2D eigenvalue weighted by molar-refractivity contribution is 6.99. The van der Waals surface area contributed by atoms with Crippen molar-refractivity contribution in [1.82, 2.24) is 19.7 Å².